The first kappa shape index (κ1) is 13.0. The lowest BCUT2D eigenvalue weighted by molar-refractivity contribution is 0.135. The van der Waals surface area contributed by atoms with E-state index in [0.29, 0.717) is 12.1 Å². The van der Waals surface area contributed by atoms with Crippen LogP contribution < -0.4 is 0 Å². The summed E-state index contributed by atoms with van der Waals surface area (Å²) in [5.41, 5.74) is 0. The summed E-state index contributed by atoms with van der Waals surface area (Å²) >= 11 is 0. The minimum Gasteiger partial charge on any atom is -0.290 e. The van der Waals surface area contributed by atoms with Crippen molar-refractivity contribution in [1.29, 1.82) is 0 Å². The molecule has 0 aliphatic heterocycles. The summed E-state index contributed by atoms with van der Waals surface area (Å²) in [5.74, 6) is 1.79. The van der Waals surface area contributed by atoms with Gasteiger partial charge in [0.15, 0.2) is 5.82 Å². The van der Waals surface area contributed by atoms with Crippen molar-refractivity contribution in [3.63, 3.8) is 0 Å². The molecule has 0 N–H and O–H groups in total. The van der Waals surface area contributed by atoms with Crippen LogP contribution in [0.1, 0.15) is 64.7 Å². The lowest BCUT2D eigenvalue weighted by Gasteiger charge is -2.32. The summed E-state index contributed by atoms with van der Waals surface area (Å²) in [5, 5.41) is 12.3. The molecule has 0 bridgehead atoms. The van der Waals surface area contributed by atoms with Gasteiger partial charge in [0, 0.05) is 12.1 Å². The molecule has 3 rings (SSSR count). The van der Waals surface area contributed by atoms with E-state index in [2.05, 4.69) is 45.9 Å². The van der Waals surface area contributed by atoms with Gasteiger partial charge in [0.2, 0.25) is 0 Å². The zero-order valence-electron chi connectivity index (χ0n) is 12.3. The molecule has 106 valence electrons. The van der Waals surface area contributed by atoms with Gasteiger partial charge in [-0.1, -0.05) is 20.3 Å². The second kappa shape index (κ2) is 5.19. The van der Waals surface area contributed by atoms with E-state index in [1.165, 1.54) is 32.1 Å². The second-order valence-corrected chi connectivity index (χ2v) is 6.30. The first-order valence-electron chi connectivity index (χ1n) is 7.73. The molecule has 2 aliphatic carbocycles. The third-order valence-corrected chi connectivity index (χ3v) is 4.78. The fraction of sp³-hybridized carbons (Fsp3) is 0.929. The molecule has 5 heteroatoms. The van der Waals surface area contributed by atoms with E-state index < -0.39 is 0 Å². The fourth-order valence-corrected chi connectivity index (χ4v) is 2.76. The van der Waals surface area contributed by atoms with Crippen molar-refractivity contribution in [2.24, 2.45) is 5.92 Å². The minimum atomic E-state index is 0.574. The van der Waals surface area contributed by atoms with Crippen molar-refractivity contribution >= 4 is 0 Å². The number of rotatable bonds is 7. The zero-order valence-corrected chi connectivity index (χ0v) is 12.3. The Labute approximate surface area is 115 Å². The van der Waals surface area contributed by atoms with E-state index in [1.807, 2.05) is 0 Å². The van der Waals surface area contributed by atoms with Crippen LogP contribution in [0.5, 0.6) is 0 Å². The number of nitrogens with zero attached hydrogens (tertiary/aromatic N) is 5. The average Bonchev–Trinajstić information content (AvgIpc) is 3.34. The average molecular weight is 263 g/mol. The molecule has 19 heavy (non-hydrogen) atoms. The van der Waals surface area contributed by atoms with Crippen LogP contribution in [0.15, 0.2) is 0 Å². The zero-order chi connectivity index (χ0) is 13.4. The first-order valence-corrected chi connectivity index (χ1v) is 7.73. The monoisotopic (exact) mass is 263 g/mol. The molecule has 2 unspecified atom stereocenters. The highest BCUT2D eigenvalue weighted by Crippen LogP contribution is 2.36. The Hall–Kier alpha value is -0.970. The Kier molecular flexibility index (Phi) is 3.56. The molecule has 1 heterocycles. The molecule has 0 amide bonds. The summed E-state index contributed by atoms with van der Waals surface area (Å²) in [7, 11) is 0. The van der Waals surface area contributed by atoms with E-state index in [0.717, 1.165) is 24.3 Å². The van der Waals surface area contributed by atoms with Crippen LogP contribution in [0.25, 0.3) is 0 Å². The van der Waals surface area contributed by atoms with Crippen molar-refractivity contribution in [2.45, 2.75) is 77.5 Å². The van der Waals surface area contributed by atoms with E-state index in [9.17, 15) is 0 Å². The van der Waals surface area contributed by atoms with Gasteiger partial charge >= 0.3 is 0 Å². The van der Waals surface area contributed by atoms with E-state index in [1.54, 1.807) is 0 Å². The van der Waals surface area contributed by atoms with Gasteiger partial charge in [-0.15, -0.1) is 5.10 Å². The molecule has 0 spiro atoms. The molecule has 0 saturated heterocycles. The molecule has 2 saturated carbocycles. The highest BCUT2D eigenvalue weighted by molar-refractivity contribution is 4.95. The second-order valence-electron chi connectivity index (χ2n) is 6.30. The van der Waals surface area contributed by atoms with E-state index in [-0.39, 0.29) is 0 Å². The molecule has 2 fully saturated rings. The molecular formula is C14H25N5. The molecule has 2 aliphatic rings. The molecule has 0 radical (unpaired) electrons. The Morgan fingerprint density at radius 3 is 2.58 bits per heavy atom. The third-order valence-electron chi connectivity index (χ3n) is 4.78. The largest absolute Gasteiger partial charge is 0.290 e. The maximum absolute atomic E-state index is 4.26. The highest BCUT2D eigenvalue weighted by atomic mass is 15.6. The minimum absolute atomic E-state index is 0.574. The van der Waals surface area contributed by atoms with Gasteiger partial charge in [0.05, 0.1) is 12.6 Å². The summed E-state index contributed by atoms with van der Waals surface area (Å²) in [6.45, 7) is 7.90. The van der Waals surface area contributed by atoms with Gasteiger partial charge < -0.3 is 0 Å². The SMILES string of the molecule is CCC(C)C(C)N(Cc1nnnn1C1CC1)C1CC1. The molecule has 2 atom stereocenters. The van der Waals surface area contributed by atoms with E-state index in [4.69, 9.17) is 0 Å². The predicted octanol–water partition coefficient (Wildman–Crippen LogP) is 2.41. The third kappa shape index (κ3) is 2.81. The normalized spacial score (nSPS) is 22.7. The first-order chi connectivity index (χ1) is 9.20. The fourth-order valence-electron chi connectivity index (χ4n) is 2.76. The van der Waals surface area contributed by atoms with Crippen LogP contribution in [-0.4, -0.2) is 37.2 Å². The van der Waals surface area contributed by atoms with Crippen molar-refractivity contribution in [1.82, 2.24) is 25.1 Å². The van der Waals surface area contributed by atoms with Gasteiger partial charge in [-0.25, -0.2) is 4.68 Å². The predicted molar refractivity (Wildman–Crippen MR) is 73.6 cm³/mol. The van der Waals surface area contributed by atoms with Crippen molar-refractivity contribution in [3.8, 4) is 0 Å². The Bertz CT molecular complexity index is 421. The lowest BCUT2D eigenvalue weighted by atomic mass is 9.99. The van der Waals surface area contributed by atoms with Gasteiger partial charge in [0.1, 0.15) is 0 Å². The molecular weight excluding hydrogens is 238 g/mol. The van der Waals surface area contributed by atoms with Gasteiger partial charge in [-0.2, -0.15) is 0 Å². The van der Waals surface area contributed by atoms with Crippen LogP contribution >= 0.6 is 0 Å². The Morgan fingerprint density at radius 1 is 1.26 bits per heavy atom. The summed E-state index contributed by atoms with van der Waals surface area (Å²) < 4.78 is 2.05. The summed E-state index contributed by atoms with van der Waals surface area (Å²) in [4.78, 5) is 2.62. The number of hydrogen-bond acceptors (Lipinski definition) is 4. The number of hydrogen-bond donors (Lipinski definition) is 0. The van der Waals surface area contributed by atoms with Crippen molar-refractivity contribution in [2.75, 3.05) is 0 Å². The number of tetrazole rings is 1. The molecule has 5 nitrogen and oxygen atoms in total. The highest BCUT2D eigenvalue weighted by Gasteiger charge is 2.36. The standard InChI is InChI=1S/C14H25N5/c1-4-10(2)11(3)18(12-5-6-12)9-14-15-16-17-19(14)13-7-8-13/h10-13H,4-9H2,1-3H3. The lowest BCUT2D eigenvalue weighted by Crippen LogP contribution is -2.39. The summed E-state index contributed by atoms with van der Waals surface area (Å²) in [6, 6.07) is 1.94. The van der Waals surface area contributed by atoms with Crippen molar-refractivity contribution < 1.29 is 0 Å². The van der Waals surface area contributed by atoms with Crippen LogP contribution in [0.2, 0.25) is 0 Å². The van der Waals surface area contributed by atoms with Crippen molar-refractivity contribution in [3.05, 3.63) is 5.82 Å². The van der Waals surface area contributed by atoms with Crippen LogP contribution in [0.4, 0.5) is 0 Å². The van der Waals surface area contributed by atoms with Gasteiger partial charge in [-0.3, -0.25) is 4.90 Å². The maximum atomic E-state index is 4.26. The van der Waals surface area contributed by atoms with E-state index >= 15 is 0 Å². The molecule has 1 aromatic heterocycles. The maximum Gasteiger partial charge on any atom is 0.165 e. The molecule has 0 aromatic carbocycles. The van der Waals surface area contributed by atoms with Crippen LogP contribution in [-0.2, 0) is 6.54 Å². The Balaban J connectivity index is 1.72. The van der Waals surface area contributed by atoms with Crippen LogP contribution in [0, 0.1) is 5.92 Å². The van der Waals surface area contributed by atoms with Crippen LogP contribution in [0.3, 0.4) is 0 Å². The number of aromatic nitrogens is 4. The molecule has 1 aromatic rings. The van der Waals surface area contributed by atoms with Gasteiger partial charge in [-0.05, 0) is 49.0 Å². The Morgan fingerprint density at radius 2 is 2.00 bits per heavy atom. The van der Waals surface area contributed by atoms with Gasteiger partial charge in [0.25, 0.3) is 0 Å². The quantitative estimate of drug-likeness (QED) is 0.758. The smallest absolute Gasteiger partial charge is 0.165 e. The topological polar surface area (TPSA) is 46.8 Å². The summed E-state index contributed by atoms with van der Waals surface area (Å²) in [6.07, 6.45) is 6.39.